The molecule has 0 aliphatic carbocycles. The molecule has 0 spiro atoms. The minimum Gasteiger partial charge on any atom is -0.494 e. The van der Waals surface area contributed by atoms with Crippen molar-refractivity contribution in [2.24, 2.45) is 0 Å². The summed E-state index contributed by atoms with van der Waals surface area (Å²) in [6, 6.07) is 13.6. The van der Waals surface area contributed by atoms with E-state index in [1.54, 1.807) is 14.0 Å². The Morgan fingerprint density at radius 1 is 1.03 bits per heavy atom. The molecule has 0 bridgehead atoms. The monoisotopic (exact) mass is 400 g/mol. The zero-order chi connectivity index (χ0) is 21.0. The molecule has 7 nitrogen and oxygen atoms in total. The standard InChI is InChI=1S/C23H20N4O3/c1-12-10-16(29-4)20-17(11-12)30-22(25-20)19-13(2)24-21-18(15-8-6-5-7-9-15)14(3)26-27(21)23(19)28/h5-11,26H,1-4H3. The second kappa shape index (κ2) is 6.59. The number of benzene rings is 2. The van der Waals surface area contributed by atoms with Crippen molar-refractivity contribution >= 4 is 16.7 Å². The van der Waals surface area contributed by atoms with Crippen LogP contribution in [0.15, 0.2) is 51.7 Å². The molecule has 0 fully saturated rings. The minimum atomic E-state index is -0.259. The summed E-state index contributed by atoms with van der Waals surface area (Å²) in [6.45, 7) is 5.68. The predicted molar refractivity (Wildman–Crippen MR) is 115 cm³/mol. The summed E-state index contributed by atoms with van der Waals surface area (Å²) < 4.78 is 12.8. The number of ether oxygens (including phenoxy) is 1. The molecule has 30 heavy (non-hydrogen) atoms. The van der Waals surface area contributed by atoms with Crippen LogP contribution in [0.4, 0.5) is 0 Å². The molecule has 3 heterocycles. The third-order valence-electron chi connectivity index (χ3n) is 5.24. The molecule has 5 aromatic rings. The van der Waals surface area contributed by atoms with E-state index in [0.717, 1.165) is 22.4 Å². The fourth-order valence-electron chi connectivity index (χ4n) is 3.88. The molecule has 5 rings (SSSR count). The number of aromatic amines is 1. The number of oxazole rings is 1. The maximum Gasteiger partial charge on any atom is 0.285 e. The molecule has 0 unspecified atom stereocenters. The van der Waals surface area contributed by atoms with Crippen LogP contribution < -0.4 is 10.3 Å². The average Bonchev–Trinajstić information content (AvgIpc) is 3.28. The molecule has 2 aromatic carbocycles. The summed E-state index contributed by atoms with van der Waals surface area (Å²) in [7, 11) is 1.59. The van der Waals surface area contributed by atoms with Gasteiger partial charge >= 0.3 is 0 Å². The lowest BCUT2D eigenvalue weighted by Gasteiger charge is -2.04. The third-order valence-corrected chi connectivity index (χ3v) is 5.24. The van der Waals surface area contributed by atoms with Crippen molar-refractivity contribution in [3.8, 4) is 28.3 Å². The lowest BCUT2D eigenvalue weighted by Crippen LogP contribution is -2.19. The summed E-state index contributed by atoms with van der Waals surface area (Å²) in [5, 5.41) is 3.14. The Morgan fingerprint density at radius 2 is 1.80 bits per heavy atom. The van der Waals surface area contributed by atoms with Crippen LogP contribution >= 0.6 is 0 Å². The maximum atomic E-state index is 13.4. The summed E-state index contributed by atoms with van der Waals surface area (Å²) >= 11 is 0. The third kappa shape index (κ3) is 2.62. The fourth-order valence-corrected chi connectivity index (χ4v) is 3.88. The highest BCUT2D eigenvalue weighted by atomic mass is 16.5. The molecule has 0 aliphatic heterocycles. The van der Waals surface area contributed by atoms with Gasteiger partial charge in [-0.2, -0.15) is 0 Å². The normalized spacial score (nSPS) is 11.5. The minimum absolute atomic E-state index is 0.229. The van der Waals surface area contributed by atoms with Crippen LogP contribution in [0, 0.1) is 20.8 Å². The lowest BCUT2D eigenvalue weighted by atomic mass is 10.1. The number of rotatable bonds is 3. The van der Waals surface area contributed by atoms with Crippen molar-refractivity contribution in [1.82, 2.24) is 19.6 Å². The highest BCUT2D eigenvalue weighted by Crippen LogP contribution is 2.32. The SMILES string of the molecule is COc1cc(C)cc2oc(-c3c(C)nc4c(-c5ccccc5)c(C)[nH]n4c3=O)nc12. The first-order chi connectivity index (χ1) is 14.5. The van der Waals surface area contributed by atoms with Gasteiger partial charge in [0.05, 0.1) is 12.8 Å². The number of nitrogens with zero attached hydrogens (tertiary/aromatic N) is 3. The largest absolute Gasteiger partial charge is 0.494 e. The molecule has 0 radical (unpaired) electrons. The van der Waals surface area contributed by atoms with Gasteiger partial charge in [0.25, 0.3) is 5.56 Å². The van der Waals surface area contributed by atoms with E-state index in [9.17, 15) is 4.79 Å². The number of methoxy groups -OCH3 is 1. The molecular formula is C23H20N4O3. The predicted octanol–water partition coefficient (Wildman–Crippen LogP) is 4.43. The van der Waals surface area contributed by atoms with Crippen LogP contribution in [0.3, 0.4) is 0 Å². The highest BCUT2D eigenvalue weighted by Gasteiger charge is 2.22. The van der Waals surface area contributed by atoms with E-state index in [2.05, 4.69) is 10.1 Å². The van der Waals surface area contributed by atoms with Gasteiger partial charge in [-0.25, -0.2) is 14.5 Å². The van der Waals surface area contributed by atoms with Gasteiger partial charge in [-0.05, 0) is 44.0 Å². The van der Waals surface area contributed by atoms with Gasteiger partial charge in [0, 0.05) is 11.3 Å². The topological polar surface area (TPSA) is 85.4 Å². The van der Waals surface area contributed by atoms with Gasteiger partial charge in [0.2, 0.25) is 5.89 Å². The lowest BCUT2D eigenvalue weighted by molar-refractivity contribution is 0.418. The number of hydrogen-bond donors (Lipinski definition) is 1. The Morgan fingerprint density at radius 3 is 2.53 bits per heavy atom. The molecule has 1 N–H and O–H groups in total. The van der Waals surface area contributed by atoms with E-state index in [1.165, 1.54) is 4.52 Å². The van der Waals surface area contributed by atoms with E-state index < -0.39 is 0 Å². The van der Waals surface area contributed by atoms with Gasteiger partial charge in [0.1, 0.15) is 11.3 Å². The van der Waals surface area contributed by atoms with E-state index in [4.69, 9.17) is 14.1 Å². The van der Waals surface area contributed by atoms with E-state index in [0.29, 0.717) is 33.8 Å². The van der Waals surface area contributed by atoms with Gasteiger partial charge in [-0.1, -0.05) is 30.3 Å². The number of nitrogens with one attached hydrogen (secondary N) is 1. The smallest absolute Gasteiger partial charge is 0.285 e. The molecule has 0 aliphatic rings. The first-order valence-corrected chi connectivity index (χ1v) is 9.61. The first kappa shape index (κ1) is 18.2. The van der Waals surface area contributed by atoms with Gasteiger partial charge in [-0.15, -0.1) is 0 Å². The van der Waals surface area contributed by atoms with Crippen molar-refractivity contribution in [3.05, 3.63) is 69.8 Å². The van der Waals surface area contributed by atoms with Crippen LogP contribution in [-0.2, 0) is 0 Å². The quantitative estimate of drug-likeness (QED) is 0.484. The Hall–Kier alpha value is -3.87. The second-order valence-electron chi connectivity index (χ2n) is 7.35. The fraction of sp³-hybridized carbons (Fsp3) is 0.174. The highest BCUT2D eigenvalue weighted by molar-refractivity contribution is 5.84. The Labute approximate surface area is 172 Å². The molecule has 3 aromatic heterocycles. The summed E-state index contributed by atoms with van der Waals surface area (Å²) in [5.41, 5.74) is 6.08. The average molecular weight is 400 g/mol. The van der Waals surface area contributed by atoms with Crippen molar-refractivity contribution in [1.29, 1.82) is 0 Å². The van der Waals surface area contributed by atoms with E-state index in [1.807, 2.05) is 56.3 Å². The summed E-state index contributed by atoms with van der Waals surface area (Å²) in [4.78, 5) is 22.7. The van der Waals surface area contributed by atoms with Crippen molar-refractivity contribution in [3.63, 3.8) is 0 Å². The number of aryl methyl sites for hydroxylation is 3. The summed E-state index contributed by atoms with van der Waals surface area (Å²) in [6.07, 6.45) is 0. The van der Waals surface area contributed by atoms with Crippen molar-refractivity contribution < 1.29 is 9.15 Å². The van der Waals surface area contributed by atoms with Gasteiger partial charge in [-0.3, -0.25) is 9.89 Å². The van der Waals surface area contributed by atoms with Gasteiger partial charge in [0.15, 0.2) is 16.7 Å². The first-order valence-electron chi connectivity index (χ1n) is 9.61. The van der Waals surface area contributed by atoms with Crippen LogP contribution in [-0.4, -0.2) is 26.7 Å². The molecular weight excluding hydrogens is 380 g/mol. The Bertz CT molecular complexity index is 1480. The molecule has 150 valence electrons. The molecule has 0 amide bonds. The van der Waals surface area contributed by atoms with Crippen LogP contribution in [0.5, 0.6) is 5.75 Å². The number of aromatic nitrogens is 4. The van der Waals surface area contributed by atoms with E-state index >= 15 is 0 Å². The maximum absolute atomic E-state index is 13.4. The van der Waals surface area contributed by atoms with Crippen LogP contribution in [0.1, 0.15) is 17.0 Å². The molecule has 7 heteroatoms. The Kier molecular flexibility index (Phi) is 3.99. The number of hydrogen-bond acceptors (Lipinski definition) is 5. The number of H-pyrrole nitrogens is 1. The zero-order valence-corrected chi connectivity index (χ0v) is 17.1. The zero-order valence-electron chi connectivity index (χ0n) is 17.1. The molecule has 0 atom stereocenters. The van der Waals surface area contributed by atoms with Crippen LogP contribution in [0.25, 0.3) is 39.3 Å². The number of fused-ring (bicyclic) bond motifs is 2. The molecule has 0 saturated heterocycles. The van der Waals surface area contributed by atoms with E-state index in [-0.39, 0.29) is 11.4 Å². The Balaban J connectivity index is 1.78. The molecule has 0 saturated carbocycles. The second-order valence-corrected chi connectivity index (χ2v) is 7.35. The van der Waals surface area contributed by atoms with Crippen molar-refractivity contribution in [2.75, 3.05) is 7.11 Å². The van der Waals surface area contributed by atoms with Crippen LogP contribution in [0.2, 0.25) is 0 Å². The summed E-state index contributed by atoms with van der Waals surface area (Å²) in [5.74, 6) is 0.834. The van der Waals surface area contributed by atoms with Gasteiger partial charge < -0.3 is 9.15 Å². The van der Waals surface area contributed by atoms with Crippen molar-refractivity contribution in [2.45, 2.75) is 20.8 Å².